The topological polar surface area (TPSA) is 77.8 Å². The van der Waals surface area contributed by atoms with Crippen molar-refractivity contribution in [3.63, 3.8) is 0 Å². The molecule has 27 heavy (non-hydrogen) atoms. The fourth-order valence-corrected chi connectivity index (χ4v) is 2.80. The summed E-state index contributed by atoms with van der Waals surface area (Å²) in [6.45, 7) is 5.26. The van der Waals surface area contributed by atoms with E-state index in [9.17, 15) is 9.59 Å². The minimum Gasteiger partial charge on any atom is -0.496 e. The summed E-state index contributed by atoms with van der Waals surface area (Å²) < 4.78 is 16.2. The SMILES string of the molecule is COc1ccccc1-c1c(NC(=O)OC(C)(C)C)oc(=O)c2ccccc12. The molecule has 0 unspecified atom stereocenters. The number of anilines is 1. The van der Waals surface area contributed by atoms with Crippen molar-refractivity contribution >= 4 is 22.7 Å². The molecule has 2 aromatic carbocycles. The number of rotatable bonds is 3. The number of carbonyl (C=O) groups is 1. The smallest absolute Gasteiger partial charge is 0.414 e. The number of para-hydroxylation sites is 1. The summed E-state index contributed by atoms with van der Waals surface area (Å²) in [6, 6.07) is 14.4. The Morgan fingerprint density at radius 2 is 1.63 bits per heavy atom. The third-order valence-corrected chi connectivity index (χ3v) is 3.83. The van der Waals surface area contributed by atoms with Crippen molar-refractivity contribution in [2.24, 2.45) is 0 Å². The van der Waals surface area contributed by atoms with E-state index in [-0.39, 0.29) is 5.88 Å². The van der Waals surface area contributed by atoms with Gasteiger partial charge in [0.05, 0.1) is 18.1 Å². The van der Waals surface area contributed by atoms with Crippen LogP contribution in [0.1, 0.15) is 20.8 Å². The van der Waals surface area contributed by atoms with E-state index >= 15 is 0 Å². The first kappa shape index (κ1) is 18.5. The van der Waals surface area contributed by atoms with Crippen LogP contribution < -0.4 is 15.7 Å². The number of benzene rings is 2. The molecule has 0 fully saturated rings. The van der Waals surface area contributed by atoms with E-state index in [2.05, 4.69) is 5.32 Å². The standard InChI is InChI=1S/C21H21NO5/c1-21(2,3)27-20(24)22-18-17(15-11-7-8-12-16(15)25-4)13-9-5-6-10-14(13)19(23)26-18/h5-12H,1-4H3,(H,22,24). The molecule has 0 radical (unpaired) electrons. The first-order valence-corrected chi connectivity index (χ1v) is 8.49. The van der Waals surface area contributed by atoms with Crippen LogP contribution in [0.15, 0.2) is 57.7 Å². The summed E-state index contributed by atoms with van der Waals surface area (Å²) in [6.07, 6.45) is -0.711. The molecule has 0 aliphatic carbocycles. The lowest BCUT2D eigenvalue weighted by molar-refractivity contribution is 0.0632. The summed E-state index contributed by atoms with van der Waals surface area (Å²) >= 11 is 0. The van der Waals surface area contributed by atoms with Crippen LogP contribution in [0.5, 0.6) is 5.75 Å². The van der Waals surface area contributed by atoms with Gasteiger partial charge in [0.2, 0.25) is 5.88 Å². The summed E-state index contributed by atoms with van der Waals surface area (Å²) in [7, 11) is 1.56. The molecular formula is C21H21NO5. The van der Waals surface area contributed by atoms with Crippen molar-refractivity contribution in [3.8, 4) is 16.9 Å². The van der Waals surface area contributed by atoms with Crippen molar-refractivity contribution in [2.45, 2.75) is 26.4 Å². The van der Waals surface area contributed by atoms with Gasteiger partial charge in [0.1, 0.15) is 11.4 Å². The zero-order valence-electron chi connectivity index (χ0n) is 15.7. The second kappa shape index (κ2) is 7.15. The molecule has 0 atom stereocenters. The highest BCUT2D eigenvalue weighted by molar-refractivity contribution is 6.04. The van der Waals surface area contributed by atoms with Crippen LogP contribution in [0.4, 0.5) is 10.7 Å². The number of fused-ring (bicyclic) bond motifs is 1. The minimum absolute atomic E-state index is 0.0115. The maximum absolute atomic E-state index is 12.4. The highest BCUT2D eigenvalue weighted by Gasteiger charge is 2.22. The lowest BCUT2D eigenvalue weighted by Gasteiger charge is -2.20. The Labute approximate surface area is 156 Å². The van der Waals surface area contributed by atoms with E-state index in [1.54, 1.807) is 52.1 Å². The van der Waals surface area contributed by atoms with Gasteiger partial charge in [-0.05, 0) is 32.9 Å². The fraction of sp³-hybridized carbons (Fsp3) is 0.238. The maximum atomic E-state index is 12.4. The first-order valence-electron chi connectivity index (χ1n) is 8.49. The highest BCUT2D eigenvalue weighted by atomic mass is 16.6. The van der Waals surface area contributed by atoms with Crippen LogP contribution in [0.3, 0.4) is 0 Å². The van der Waals surface area contributed by atoms with Crippen molar-refractivity contribution in [3.05, 3.63) is 59.0 Å². The van der Waals surface area contributed by atoms with Crippen LogP contribution in [0.2, 0.25) is 0 Å². The molecule has 1 N–H and O–H groups in total. The molecule has 1 aromatic heterocycles. The van der Waals surface area contributed by atoms with E-state index in [1.165, 1.54) is 0 Å². The maximum Gasteiger partial charge on any atom is 0.414 e. The molecule has 0 spiro atoms. The summed E-state index contributed by atoms with van der Waals surface area (Å²) in [4.78, 5) is 24.7. The van der Waals surface area contributed by atoms with Crippen molar-refractivity contribution in [1.82, 2.24) is 0 Å². The van der Waals surface area contributed by atoms with Crippen LogP contribution in [-0.4, -0.2) is 18.8 Å². The van der Waals surface area contributed by atoms with Crippen LogP contribution in [0.25, 0.3) is 21.9 Å². The number of nitrogens with one attached hydrogen (secondary N) is 1. The van der Waals surface area contributed by atoms with Gasteiger partial charge in [-0.3, -0.25) is 5.32 Å². The summed E-state index contributed by atoms with van der Waals surface area (Å²) in [5, 5.41) is 3.62. The lowest BCUT2D eigenvalue weighted by atomic mass is 9.99. The van der Waals surface area contributed by atoms with Gasteiger partial charge in [0.15, 0.2) is 0 Å². The number of hydrogen-bond donors (Lipinski definition) is 1. The van der Waals surface area contributed by atoms with E-state index in [4.69, 9.17) is 13.9 Å². The normalized spacial score (nSPS) is 11.3. The first-order chi connectivity index (χ1) is 12.8. The van der Waals surface area contributed by atoms with E-state index in [0.29, 0.717) is 27.6 Å². The number of methoxy groups -OCH3 is 1. The van der Waals surface area contributed by atoms with Gasteiger partial charge >= 0.3 is 11.7 Å². The van der Waals surface area contributed by atoms with Crippen LogP contribution in [0, 0.1) is 0 Å². The quantitative estimate of drug-likeness (QED) is 0.718. The predicted octanol–water partition coefficient (Wildman–Crippen LogP) is 4.82. The molecule has 3 aromatic rings. The largest absolute Gasteiger partial charge is 0.496 e. The molecule has 0 aliphatic heterocycles. The Hall–Kier alpha value is -3.28. The molecule has 0 saturated carbocycles. The predicted molar refractivity (Wildman–Crippen MR) is 104 cm³/mol. The van der Waals surface area contributed by atoms with Gasteiger partial charge in [-0.2, -0.15) is 0 Å². The van der Waals surface area contributed by atoms with E-state index < -0.39 is 17.3 Å². The molecule has 0 aliphatic rings. The third kappa shape index (κ3) is 3.95. The number of ether oxygens (including phenoxy) is 2. The second-order valence-corrected chi connectivity index (χ2v) is 6.97. The van der Waals surface area contributed by atoms with E-state index in [0.717, 1.165) is 0 Å². The summed E-state index contributed by atoms with van der Waals surface area (Å²) in [5.74, 6) is 0.598. The molecule has 0 bridgehead atoms. The highest BCUT2D eigenvalue weighted by Crippen LogP contribution is 2.39. The number of carbonyl (C=O) groups excluding carboxylic acids is 1. The third-order valence-electron chi connectivity index (χ3n) is 3.83. The van der Waals surface area contributed by atoms with Crippen molar-refractivity contribution in [2.75, 3.05) is 12.4 Å². The van der Waals surface area contributed by atoms with Crippen LogP contribution in [-0.2, 0) is 4.74 Å². The van der Waals surface area contributed by atoms with E-state index in [1.807, 2.05) is 24.3 Å². The minimum atomic E-state index is -0.711. The summed E-state index contributed by atoms with van der Waals surface area (Å²) in [5.41, 5.74) is 0.000988. The Morgan fingerprint density at radius 1 is 1.00 bits per heavy atom. The second-order valence-electron chi connectivity index (χ2n) is 6.97. The van der Waals surface area contributed by atoms with Crippen molar-refractivity contribution < 1.29 is 18.7 Å². The van der Waals surface area contributed by atoms with Gasteiger partial charge < -0.3 is 13.9 Å². The Balaban J connectivity index is 2.24. The molecule has 1 amide bonds. The number of hydrogen-bond acceptors (Lipinski definition) is 5. The average Bonchev–Trinajstić information content (AvgIpc) is 2.60. The molecular weight excluding hydrogens is 346 g/mol. The molecule has 6 heteroatoms. The zero-order chi connectivity index (χ0) is 19.6. The molecule has 0 saturated heterocycles. The fourth-order valence-electron chi connectivity index (χ4n) is 2.80. The average molecular weight is 367 g/mol. The molecule has 6 nitrogen and oxygen atoms in total. The van der Waals surface area contributed by atoms with Gasteiger partial charge in [-0.15, -0.1) is 0 Å². The van der Waals surface area contributed by atoms with Gasteiger partial charge in [0, 0.05) is 10.9 Å². The van der Waals surface area contributed by atoms with Gasteiger partial charge in [-0.1, -0.05) is 36.4 Å². The van der Waals surface area contributed by atoms with Gasteiger partial charge in [0.25, 0.3) is 0 Å². The Kier molecular flexibility index (Phi) is 4.90. The lowest BCUT2D eigenvalue weighted by Crippen LogP contribution is -2.27. The molecule has 1 heterocycles. The number of amides is 1. The van der Waals surface area contributed by atoms with Crippen molar-refractivity contribution in [1.29, 1.82) is 0 Å². The van der Waals surface area contributed by atoms with Gasteiger partial charge in [-0.25, -0.2) is 9.59 Å². The van der Waals surface area contributed by atoms with Crippen LogP contribution >= 0.6 is 0 Å². The molecule has 3 rings (SSSR count). The Bertz CT molecular complexity index is 1050. The monoisotopic (exact) mass is 367 g/mol. The Morgan fingerprint density at radius 3 is 2.30 bits per heavy atom. The molecule has 140 valence electrons. The zero-order valence-corrected chi connectivity index (χ0v) is 15.7.